The second-order valence-corrected chi connectivity index (χ2v) is 6.83. The molecule has 0 aliphatic carbocycles. The number of nitrogens with one attached hydrogen (secondary N) is 2. The van der Waals surface area contributed by atoms with Gasteiger partial charge >= 0.3 is 6.03 Å². The molecule has 4 aromatic heterocycles. The number of amides is 2. The Morgan fingerprint density at radius 1 is 1.17 bits per heavy atom. The fourth-order valence-electron chi connectivity index (χ4n) is 2.92. The number of rotatable bonds is 5. The summed E-state index contributed by atoms with van der Waals surface area (Å²) in [4.78, 5) is 22.4. The lowest BCUT2D eigenvalue weighted by atomic mass is 10.2. The van der Waals surface area contributed by atoms with Crippen LogP contribution in [0.3, 0.4) is 0 Å². The number of carbonyl (C=O) groups is 1. The van der Waals surface area contributed by atoms with Crippen LogP contribution in [0.4, 0.5) is 16.2 Å². The predicted molar refractivity (Wildman–Crippen MR) is 110 cm³/mol. The molecule has 12 heteroatoms. The third-order valence-corrected chi connectivity index (χ3v) is 4.60. The molecule has 2 amide bonds. The van der Waals surface area contributed by atoms with Gasteiger partial charge in [-0.15, -0.1) is 4.80 Å². The molecule has 0 aliphatic rings. The maximum absolute atomic E-state index is 12.6. The molecule has 0 fully saturated rings. The van der Waals surface area contributed by atoms with Gasteiger partial charge in [0, 0.05) is 13.2 Å². The number of aryl methyl sites for hydroxylation is 1. The molecule has 2 N–H and O–H groups in total. The summed E-state index contributed by atoms with van der Waals surface area (Å²) in [5.41, 5.74) is 3.01. The van der Waals surface area contributed by atoms with E-state index in [1.165, 1.54) is 23.4 Å². The molecular formula is C18H18ClN9O2. The van der Waals surface area contributed by atoms with E-state index in [1.54, 1.807) is 23.9 Å². The van der Waals surface area contributed by atoms with Crippen molar-refractivity contribution in [2.45, 2.75) is 20.0 Å². The minimum atomic E-state index is -0.493. The van der Waals surface area contributed by atoms with Gasteiger partial charge in [0.15, 0.2) is 11.5 Å². The molecule has 4 aromatic rings. The average molecular weight is 428 g/mol. The van der Waals surface area contributed by atoms with Crippen molar-refractivity contribution in [1.82, 2.24) is 34.6 Å². The zero-order valence-electron chi connectivity index (χ0n) is 16.4. The number of nitrogens with zero attached hydrogens (tertiary/aromatic N) is 7. The molecule has 0 spiro atoms. The highest BCUT2D eigenvalue weighted by Gasteiger charge is 2.19. The van der Waals surface area contributed by atoms with E-state index in [0.29, 0.717) is 28.5 Å². The van der Waals surface area contributed by atoms with E-state index in [9.17, 15) is 4.79 Å². The van der Waals surface area contributed by atoms with Crippen LogP contribution in [0, 0.1) is 6.92 Å². The molecule has 11 nitrogen and oxygen atoms in total. The molecule has 1 atom stereocenters. The molecule has 4 heterocycles. The molecule has 0 saturated carbocycles. The Morgan fingerprint density at radius 3 is 2.63 bits per heavy atom. The van der Waals surface area contributed by atoms with Gasteiger partial charge in [0.2, 0.25) is 0 Å². The first-order valence-corrected chi connectivity index (χ1v) is 9.32. The lowest BCUT2D eigenvalue weighted by Crippen LogP contribution is -2.22. The quantitative estimate of drug-likeness (QED) is 0.501. The Balaban J connectivity index is 1.57. The number of hydrogen-bond acceptors (Lipinski definition) is 7. The third kappa shape index (κ3) is 3.80. The van der Waals surface area contributed by atoms with Crippen LogP contribution in [-0.4, -0.2) is 47.7 Å². The van der Waals surface area contributed by atoms with E-state index < -0.39 is 6.03 Å². The summed E-state index contributed by atoms with van der Waals surface area (Å²) >= 11 is 6.24. The minimum Gasteiger partial charge on any atom is -0.375 e. The van der Waals surface area contributed by atoms with E-state index in [4.69, 9.17) is 16.3 Å². The molecule has 0 saturated heterocycles. The molecular weight excluding hydrogens is 410 g/mol. The summed E-state index contributed by atoms with van der Waals surface area (Å²) in [7, 11) is 1.58. The molecule has 0 aliphatic heterocycles. The van der Waals surface area contributed by atoms with Crippen molar-refractivity contribution >= 4 is 34.7 Å². The molecule has 30 heavy (non-hydrogen) atoms. The Bertz CT molecular complexity index is 1210. The predicted octanol–water partition coefficient (Wildman–Crippen LogP) is 3.02. The van der Waals surface area contributed by atoms with Gasteiger partial charge in [0.1, 0.15) is 0 Å². The minimum absolute atomic E-state index is 0.285. The fourth-order valence-corrected chi connectivity index (χ4v) is 3.16. The van der Waals surface area contributed by atoms with Gasteiger partial charge in [-0.2, -0.15) is 15.3 Å². The first-order chi connectivity index (χ1) is 14.5. The SMILES string of the molecule is COC(C)c1c(NC(=O)Nc2cnc(-n3nccn3)c(Cl)c2)cnc2cc(C)nn12. The number of ether oxygens (including phenoxy) is 1. The van der Waals surface area contributed by atoms with Crippen LogP contribution in [0.5, 0.6) is 0 Å². The highest BCUT2D eigenvalue weighted by molar-refractivity contribution is 6.32. The van der Waals surface area contributed by atoms with Crippen LogP contribution in [0.1, 0.15) is 24.4 Å². The summed E-state index contributed by atoms with van der Waals surface area (Å²) < 4.78 is 7.11. The number of hydrogen-bond donors (Lipinski definition) is 2. The van der Waals surface area contributed by atoms with Gasteiger partial charge < -0.3 is 15.4 Å². The number of carbonyl (C=O) groups excluding carboxylic acids is 1. The Kier molecular flexibility index (Phi) is 5.29. The zero-order chi connectivity index (χ0) is 21.3. The van der Waals surface area contributed by atoms with Crippen LogP contribution in [-0.2, 0) is 4.74 Å². The van der Waals surface area contributed by atoms with E-state index in [2.05, 4.69) is 35.9 Å². The van der Waals surface area contributed by atoms with Crippen LogP contribution < -0.4 is 10.6 Å². The largest absolute Gasteiger partial charge is 0.375 e. The second-order valence-electron chi connectivity index (χ2n) is 6.42. The molecule has 4 rings (SSSR count). The van der Waals surface area contributed by atoms with Crippen LogP contribution in [0.2, 0.25) is 5.02 Å². The summed E-state index contributed by atoms with van der Waals surface area (Å²) in [6.07, 6.45) is 5.73. The summed E-state index contributed by atoms with van der Waals surface area (Å²) in [5, 5.41) is 18.2. The number of fused-ring (bicyclic) bond motifs is 1. The van der Waals surface area contributed by atoms with Gasteiger partial charge in [-0.05, 0) is 19.9 Å². The smallest absolute Gasteiger partial charge is 0.323 e. The molecule has 0 aromatic carbocycles. The lowest BCUT2D eigenvalue weighted by molar-refractivity contribution is 0.114. The number of urea groups is 1. The number of aromatic nitrogens is 7. The monoisotopic (exact) mass is 427 g/mol. The van der Waals surface area contributed by atoms with Gasteiger partial charge in [0.25, 0.3) is 0 Å². The highest BCUT2D eigenvalue weighted by atomic mass is 35.5. The molecule has 1 unspecified atom stereocenters. The van der Waals surface area contributed by atoms with E-state index in [0.717, 1.165) is 5.69 Å². The van der Waals surface area contributed by atoms with Crippen molar-refractivity contribution in [3.8, 4) is 5.82 Å². The van der Waals surface area contributed by atoms with Crippen molar-refractivity contribution in [1.29, 1.82) is 0 Å². The van der Waals surface area contributed by atoms with Crippen LogP contribution >= 0.6 is 11.6 Å². The number of anilines is 2. The standard InChI is InChI=1S/C18H18ClN9O2/c1-10-6-15-20-9-14(16(11(2)30-3)27(15)26-10)25-18(29)24-12-7-13(19)17(21-8-12)28-22-4-5-23-28/h4-9,11H,1-3H3,(H2,24,25,29). The maximum atomic E-state index is 12.6. The van der Waals surface area contributed by atoms with E-state index in [-0.39, 0.29) is 11.1 Å². The van der Waals surface area contributed by atoms with Crippen molar-refractivity contribution in [2.24, 2.45) is 0 Å². The van der Waals surface area contributed by atoms with Gasteiger partial charge in [0.05, 0.1) is 58.7 Å². The fraction of sp³-hybridized carbons (Fsp3) is 0.222. The van der Waals surface area contributed by atoms with Gasteiger partial charge in [-0.1, -0.05) is 11.6 Å². The van der Waals surface area contributed by atoms with E-state index >= 15 is 0 Å². The Hall–Kier alpha value is -3.57. The third-order valence-electron chi connectivity index (χ3n) is 4.32. The number of halogens is 1. The lowest BCUT2D eigenvalue weighted by Gasteiger charge is -2.17. The molecule has 0 radical (unpaired) electrons. The Morgan fingerprint density at radius 2 is 1.93 bits per heavy atom. The van der Waals surface area contributed by atoms with Gasteiger partial charge in [-0.25, -0.2) is 19.3 Å². The maximum Gasteiger partial charge on any atom is 0.323 e. The topological polar surface area (TPSA) is 124 Å². The summed E-state index contributed by atoms with van der Waals surface area (Å²) in [5.74, 6) is 0.354. The number of pyridine rings is 1. The first kappa shape index (κ1) is 19.7. The van der Waals surface area contributed by atoms with Crippen LogP contribution in [0.25, 0.3) is 11.5 Å². The van der Waals surface area contributed by atoms with Crippen molar-refractivity contribution in [2.75, 3.05) is 17.7 Å². The number of methoxy groups -OCH3 is 1. The van der Waals surface area contributed by atoms with Crippen molar-refractivity contribution < 1.29 is 9.53 Å². The van der Waals surface area contributed by atoms with Crippen molar-refractivity contribution in [3.05, 3.63) is 53.3 Å². The highest BCUT2D eigenvalue weighted by Crippen LogP contribution is 2.26. The summed E-state index contributed by atoms with van der Waals surface area (Å²) in [6.45, 7) is 3.73. The molecule has 154 valence electrons. The van der Waals surface area contributed by atoms with E-state index in [1.807, 2.05) is 19.9 Å². The molecule has 0 bridgehead atoms. The first-order valence-electron chi connectivity index (χ1n) is 8.94. The van der Waals surface area contributed by atoms with Gasteiger partial charge in [-0.3, -0.25) is 0 Å². The Labute approximate surface area is 176 Å². The average Bonchev–Trinajstić information content (AvgIpc) is 3.36. The van der Waals surface area contributed by atoms with Crippen LogP contribution in [0.15, 0.2) is 36.9 Å². The normalized spacial score (nSPS) is 12.1. The zero-order valence-corrected chi connectivity index (χ0v) is 17.1. The second kappa shape index (κ2) is 8.05. The summed E-state index contributed by atoms with van der Waals surface area (Å²) in [6, 6.07) is 2.91. The van der Waals surface area contributed by atoms with Crippen molar-refractivity contribution in [3.63, 3.8) is 0 Å².